The maximum Gasteiger partial charge on any atom is 0.253 e. The summed E-state index contributed by atoms with van der Waals surface area (Å²) in [6.45, 7) is 6.57. The summed E-state index contributed by atoms with van der Waals surface area (Å²) in [6, 6.07) is 7.18. The van der Waals surface area contributed by atoms with Crippen LogP contribution < -0.4 is 0 Å². The van der Waals surface area contributed by atoms with Gasteiger partial charge in [0.15, 0.2) is 0 Å². The molecule has 0 aliphatic carbocycles. The molecule has 166 valence electrons. The molecule has 0 bridgehead atoms. The Labute approximate surface area is 180 Å². The molecule has 0 radical (unpaired) electrons. The van der Waals surface area contributed by atoms with Gasteiger partial charge in [-0.2, -0.15) is 4.31 Å². The van der Waals surface area contributed by atoms with Crippen molar-refractivity contribution < 1.29 is 13.2 Å². The highest BCUT2D eigenvalue weighted by Gasteiger charge is 2.30. The number of carbonyl (C=O) groups excluding carboxylic acids is 1. The molecule has 1 aromatic carbocycles. The zero-order chi connectivity index (χ0) is 21.1. The number of likely N-dealkylation sites (tertiary alicyclic amines) is 1. The fourth-order valence-corrected chi connectivity index (χ4v) is 6.52. The van der Waals surface area contributed by atoms with Gasteiger partial charge in [0.2, 0.25) is 10.0 Å². The highest BCUT2D eigenvalue weighted by Crippen LogP contribution is 2.23. The van der Waals surface area contributed by atoms with Crippen molar-refractivity contribution in [1.29, 1.82) is 0 Å². The lowest BCUT2D eigenvalue weighted by molar-refractivity contribution is 0.0452. The number of hydrogen-bond donors (Lipinski definition) is 0. The first-order valence-electron chi connectivity index (χ1n) is 11.3. The molecule has 1 aromatic rings. The van der Waals surface area contributed by atoms with Gasteiger partial charge in [0.05, 0.1) is 4.90 Å². The van der Waals surface area contributed by atoms with Crippen LogP contribution in [0.1, 0.15) is 42.5 Å². The van der Waals surface area contributed by atoms with E-state index < -0.39 is 10.0 Å². The fraction of sp³-hybridized carbons (Fsp3) is 0.682. The van der Waals surface area contributed by atoms with E-state index in [9.17, 15) is 13.2 Å². The maximum atomic E-state index is 13.1. The molecule has 8 heteroatoms. The highest BCUT2D eigenvalue weighted by atomic mass is 32.2. The number of hydrogen-bond acceptors (Lipinski definition) is 5. The predicted octanol–water partition coefficient (Wildman–Crippen LogP) is 1.71. The molecular formula is C22H34N4O3S. The van der Waals surface area contributed by atoms with Crippen molar-refractivity contribution in [2.75, 3.05) is 59.4 Å². The summed E-state index contributed by atoms with van der Waals surface area (Å²) in [5.41, 5.74) is 0.471. The van der Waals surface area contributed by atoms with Crippen LogP contribution in [0.2, 0.25) is 0 Å². The minimum Gasteiger partial charge on any atom is -0.336 e. The third kappa shape index (κ3) is 4.72. The zero-order valence-corrected chi connectivity index (χ0v) is 18.8. The van der Waals surface area contributed by atoms with Crippen LogP contribution >= 0.6 is 0 Å². The van der Waals surface area contributed by atoms with Crippen LogP contribution in [-0.4, -0.2) is 98.8 Å². The lowest BCUT2D eigenvalue weighted by Crippen LogP contribution is -2.55. The van der Waals surface area contributed by atoms with Crippen molar-refractivity contribution in [3.8, 4) is 0 Å². The van der Waals surface area contributed by atoms with Gasteiger partial charge in [-0.3, -0.25) is 9.69 Å². The topological polar surface area (TPSA) is 64.2 Å². The standard InChI is InChI=1S/C22H34N4O3S/c1-23-10-6-8-20(18-23)24-13-15-25(16-14-24)22(27)19-7-5-9-21(17-19)30(28,29)26-11-3-2-4-12-26/h5,7,9,17,20H,2-4,6,8,10-16,18H2,1H3. The number of carbonyl (C=O) groups is 1. The maximum absolute atomic E-state index is 13.1. The molecule has 3 aliphatic rings. The summed E-state index contributed by atoms with van der Waals surface area (Å²) in [6.07, 6.45) is 5.35. The lowest BCUT2D eigenvalue weighted by atomic mass is 10.0. The Morgan fingerprint density at radius 2 is 1.67 bits per heavy atom. The number of rotatable bonds is 4. The molecule has 3 aliphatic heterocycles. The highest BCUT2D eigenvalue weighted by molar-refractivity contribution is 7.89. The van der Waals surface area contributed by atoms with Crippen LogP contribution in [0.3, 0.4) is 0 Å². The van der Waals surface area contributed by atoms with Crippen LogP contribution in [0.5, 0.6) is 0 Å². The van der Waals surface area contributed by atoms with Gasteiger partial charge in [0, 0.05) is 57.4 Å². The number of amides is 1. The van der Waals surface area contributed by atoms with E-state index in [1.807, 2.05) is 4.90 Å². The van der Waals surface area contributed by atoms with E-state index in [0.29, 0.717) is 37.8 Å². The Kier molecular flexibility index (Phi) is 6.77. The van der Waals surface area contributed by atoms with Gasteiger partial charge < -0.3 is 9.80 Å². The summed E-state index contributed by atoms with van der Waals surface area (Å²) in [5, 5.41) is 0. The van der Waals surface area contributed by atoms with Crippen molar-refractivity contribution in [3.63, 3.8) is 0 Å². The van der Waals surface area contributed by atoms with E-state index in [4.69, 9.17) is 0 Å². The Bertz CT molecular complexity index is 846. The first-order chi connectivity index (χ1) is 14.4. The van der Waals surface area contributed by atoms with Crippen molar-refractivity contribution in [1.82, 2.24) is 19.0 Å². The first-order valence-corrected chi connectivity index (χ1v) is 12.7. The molecular weight excluding hydrogens is 400 g/mol. The Hall–Kier alpha value is -1.48. The van der Waals surface area contributed by atoms with Gasteiger partial charge in [0.25, 0.3) is 5.91 Å². The van der Waals surface area contributed by atoms with E-state index in [0.717, 1.165) is 38.9 Å². The minimum atomic E-state index is -3.53. The fourth-order valence-electron chi connectivity index (χ4n) is 4.95. The van der Waals surface area contributed by atoms with Gasteiger partial charge in [-0.25, -0.2) is 8.42 Å². The largest absolute Gasteiger partial charge is 0.336 e. The number of piperazine rings is 1. The van der Waals surface area contributed by atoms with E-state index in [2.05, 4.69) is 16.8 Å². The van der Waals surface area contributed by atoms with Crippen molar-refractivity contribution in [2.24, 2.45) is 0 Å². The molecule has 3 saturated heterocycles. The van der Waals surface area contributed by atoms with Gasteiger partial charge in [-0.05, 0) is 57.5 Å². The Morgan fingerprint density at radius 1 is 0.933 bits per heavy atom. The molecule has 1 amide bonds. The van der Waals surface area contributed by atoms with E-state index >= 15 is 0 Å². The van der Waals surface area contributed by atoms with Crippen LogP contribution in [0.25, 0.3) is 0 Å². The van der Waals surface area contributed by atoms with E-state index in [-0.39, 0.29) is 10.8 Å². The molecule has 1 unspecified atom stereocenters. The monoisotopic (exact) mass is 434 g/mol. The van der Waals surface area contributed by atoms with Crippen molar-refractivity contribution in [2.45, 2.75) is 43.0 Å². The quantitative estimate of drug-likeness (QED) is 0.722. The lowest BCUT2D eigenvalue weighted by Gasteiger charge is -2.42. The molecule has 3 fully saturated rings. The van der Waals surface area contributed by atoms with Crippen LogP contribution in [0.15, 0.2) is 29.2 Å². The molecule has 30 heavy (non-hydrogen) atoms. The average molecular weight is 435 g/mol. The van der Waals surface area contributed by atoms with Crippen LogP contribution in [-0.2, 0) is 10.0 Å². The van der Waals surface area contributed by atoms with Crippen LogP contribution in [0.4, 0.5) is 0 Å². The predicted molar refractivity (Wildman–Crippen MR) is 117 cm³/mol. The van der Waals surface area contributed by atoms with Crippen molar-refractivity contribution >= 4 is 15.9 Å². The summed E-state index contributed by atoms with van der Waals surface area (Å²) in [7, 11) is -1.35. The molecule has 0 spiro atoms. The molecule has 7 nitrogen and oxygen atoms in total. The summed E-state index contributed by atoms with van der Waals surface area (Å²) < 4.78 is 27.5. The number of likely N-dealkylation sites (N-methyl/N-ethyl adjacent to an activating group) is 1. The summed E-state index contributed by atoms with van der Waals surface area (Å²) in [5.74, 6) is -0.0638. The molecule has 4 rings (SSSR count). The molecule has 0 aromatic heterocycles. The Morgan fingerprint density at radius 3 is 2.37 bits per heavy atom. The van der Waals surface area contributed by atoms with E-state index in [1.54, 1.807) is 28.6 Å². The molecule has 3 heterocycles. The van der Waals surface area contributed by atoms with Crippen molar-refractivity contribution in [3.05, 3.63) is 29.8 Å². The average Bonchev–Trinajstić information content (AvgIpc) is 2.79. The minimum absolute atomic E-state index is 0.0638. The summed E-state index contributed by atoms with van der Waals surface area (Å²) in [4.78, 5) is 20.1. The number of piperidine rings is 2. The van der Waals surface area contributed by atoms with Gasteiger partial charge in [-0.1, -0.05) is 12.5 Å². The third-order valence-electron chi connectivity index (χ3n) is 6.75. The summed E-state index contributed by atoms with van der Waals surface area (Å²) >= 11 is 0. The zero-order valence-electron chi connectivity index (χ0n) is 18.0. The first kappa shape index (κ1) is 21.7. The van der Waals surface area contributed by atoms with Gasteiger partial charge in [0.1, 0.15) is 0 Å². The Balaban J connectivity index is 1.40. The van der Waals surface area contributed by atoms with E-state index in [1.165, 1.54) is 19.4 Å². The second-order valence-corrected chi connectivity index (χ2v) is 10.8. The molecule has 0 N–H and O–H groups in total. The van der Waals surface area contributed by atoms with Crippen LogP contribution in [0, 0.1) is 0 Å². The third-order valence-corrected chi connectivity index (χ3v) is 8.65. The number of benzene rings is 1. The normalized spacial score (nSPS) is 25.4. The second-order valence-electron chi connectivity index (χ2n) is 8.88. The molecule has 0 saturated carbocycles. The number of nitrogens with zero attached hydrogens (tertiary/aromatic N) is 4. The number of sulfonamides is 1. The second kappa shape index (κ2) is 9.34. The van der Waals surface area contributed by atoms with Gasteiger partial charge >= 0.3 is 0 Å². The molecule has 1 atom stereocenters. The van der Waals surface area contributed by atoms with Gasteiger partial charge in [-0.15, -0.1) is 0 Å². The SMILES string of the molecule is CN1CCCC(N2CCN(C(=O)c3cccc(S(=O)(=O)N4CCCCC4)c3)CC2)C1. The smallest absolute Gasteiger partial charge is 0.253 e.